The van der Waals surface area contributed by atoms with Crippen molar-refractivity contribution in [1.29, 1.82) is 0 Å². The molecule has 0 unspecified atom stereocenters. The smallest absolute Gasteiger partial charge is 0.479 e. The van der Waals surface area contributed by atoms with E-state index in [9.17, 15) is 13.2 Å². The summed E-state index contributed by atoms with van der Waals surface area (Å²) in [5, 5.41) is 0.517. The number of halogens is 4. The molecule has 1 aromatic heterocycles. The van der Waals surface area contributed by atoms with Crippen LogP contribution in [0.5, 0.6) is 11.5 Å². The maximum absolute atomic E-state index is 12.3. The molecule has 1 aliphatic heterocycles. The van der Waals surface area contributed by atoms with Crippen LogP contribution in [-0.4, -0.2) is 16.1 Å². The van der Waals surface area contributed by atoms with Gasteiger partial charge in [0, 0.05) is 23.4 Å². The van der Waals surface area contributed by atoms with Gasteiger partial charge < -0.3 is 8.92 Å². The lowest BCUT2D eigenvalue weighted by Gasteiger charge is -2.31. The Balaban J connectivity index is 1.97. The van der Waals surface area contributed by atoms with Crippen molar-refractivity contribution >= 4 is 29.2 Å². The summed E-state index contributed by atoms with van der Waals surface area (Å²) in [5.41, 5.74) is -2.90. The van der Waals surface area contributed by atoms with E-state index in [1.54, 1.807) is 18.2 Å². The van der Waals surface area contributed by atoms with Crippen molar-refractivity contribution in [2.75, 3.05) is 0 Å². The summed E-state index contributed by atoms with van der Waals surface area (Å²) in [4.78, 5) is 4.32. The summed E-state index contributed by atoms with van der Waals surface area (Å²) >= 11 is 5.32. The zero-order chi connectivity index (χ0) is 18.2. The van der Waals surface area contributed by atoms with Crippen LogP contribution in [0, 0.1) is 0 Å². The van der Waals surface area contributed by atoms with Gasteiger partial charge in [0.1, 0.15) is 17.1 Å². The molecule has 1 aliphatic rings. The molecule has 0 bridgehead atoms. The molecule has 3 nitrogen and oxygen atoms in total. The van der Waals surface area contributed by atoms with E-state index >= 15 is 0 Å². The summed E-state index contributed by atoms with van der Waals surface area (Å²) in [6.07, 6.45) is 3.45. The van der Waals surface area contributed by atoms with E-state index in [2.05, 4.69) is 4.98 Å². The van der Waals surface area contributed by atoms with E-state index in [4.69, 9.17) is 20.5 Å². The molecule has 2 heterocycles. The van der Waals surface area contributed by atoms with Crippen LogP contribution in [0.1, 0.15) is 25.1 Å². The highest BCUT2D eigenvalue weighted by molar-refractivity contribution is 7.95. The lowest BCUT2D eigenvalue weighted by Crippen LogP contribution is -2.29. The number of rotatable bonds is 3. The molecule has 1 aromatic carbocycles. The second-order valence-corrected chi connectivity index (χ2v) is 7.13. The Morgan fingerprint density at radius 3 is 2.60 bits per heavy atom. The number of benzene rings is 1. The molecular weight excluding hydrogens is 375 g/mol. The number of pyridine rings is 1. The van der Waals surface area contributed by atoms with Crippen LogP contribution in [-0.2, 0) is 0 Å². The fourth-order valence-corrected chi connectivity index (χ4v) is 2.85. The van der Waals surface area contributed by atoms with Crippen molar-refractivity contribution in [2.45, 2.75) is 25.0 Å². The third-order valence-electron chi connectivity index (χ3n) is 3.34. The van der Waals surface area contributed by atoms with Gasteiger partial charge in [-0.1, -0.05) is 11.6 Å². The van der Waals surface area contributed by atoms with Crippen molar-refractivity contribution < 1.29 is 22.1 Å². The van der Waals surface area contributed by atoms with Crippen molar-refractivity contribution in [1.82, 2.24) is 4.98 Å². The van der Waals surface area contributed by atoms with E-state index in [1.807, 2.05) is 19.9 Å². The third-order valence-corrected chi connectivity index (χ3v) is 4.03. The highest BCUT2D eigenvalue weighted by Gasteiger charge is 2.32. The van der Waals surface area contributed by atoms with Gasteiger partial charge in [-0.2, -0.15) is 13.2 Å². The predicted octanol–water partition coefficient (Wildman–Crippen LogP) is 5.88. The van der Waals surface area contributed by atoms with Crippen LogP contribution in [0.25, 0.3) is 5.57 Å². The van der Waals surface area contributed by atoms with Crippen LogP contribution < -0.4 is 8.92 Å². The fourth-order valence-electron chi connectivity index (χ4n) is 2.44. The average Bonchev–Trinajstić information content (AvgIpc) is 2.51. The van der Waals surface area contributed by atoms with Crippen LogP contribution in [0.4, 0.5) is 13.2 Å². The predicted molar refractivity (Wildman–Crippen MR) is 91.7 cm³/mol. The number of nitrogens with zero attached hydrogens (tertiary/aromatic N) is 1. The van der Waals surface area contributed by atoms with Crippen LogP contribution >= 0.6 is 23.6 Å². The van der Waals surface area contributed by atoms with Gasteiger partial charge in [0.25, 0.3) is 0 Å². The molecule has 8 heteroatoms. The fraction of sp³-hybridized carbons (Fsp3) is 0.235. The van der Waals surface area contributed by atoms with Gasteiger partial charge in [-0.05, 0) is 44.2 Å². The van der Waals surface area contributed by atoms with Gasteiger partial charge in [-0.3, -0.25) is 4.98 Å². The SMILES string of the molecule is CC1(C)C=C(c2ccc(Cl)cn2)c2ccc(OSC(F)(F)F)cc2O1. The molecule has 2 aromatic rings. The molecule has 0 atom stereocenters. The number of hydrogen-bond donors (Lipinski definition) is 0. The Kier molecular flexibility index (Phi) is 4.64. The molecule has 0 spiro atoms. The van der Waals surface area contributed by atoms with Crippen LogP contribution in [0.3, 0.4) is 0 Å². The molecule has 0 saturated carbocycles. The maximum atomic E-state index is 12.3. The molecule has 0 radical (unpaired) electrons. The van der Waals surface area contributed by atoms with Crippen molar-refractivity contribution in [3.8, 4) is 11.5 Å². The molecule has 0 aliphatic carbocycles. The van der Waals surface area contributed by atoms with Gasteiger partial charge in [-0.15, -0.1) is 0 Å². The average molecular weight is 388 g/mol. The zero-order valence-electron chi connectivity index (χ0n) is 13.2. The summed E-state index contributed by atoms with van der Waals surface area (Å²) in [5.74, 6) is 0.488. The van der Waals surface area contributed by atoms with Gasteiger partial charge in [0.05, 0.1) is 10.7 Å². The minimum absolute atomic E-state index is 0.0576. The monoisotopic (exact) mass is 387 g/mol. The van der Waals surface area contributed by atoms with E-state index in [-0.39, 0.29) is 5.75 Å². The quantitative estimate of drug-likeness (QED) is 0.615. The Hall–Kier alpha value is -1.86. The molecule has 0 N–H and O–H groups in total. The largest absolute Gasteiger partial charge is 0.483 e. The molecule has 0 amide bonds. The Morgan fingerprint density at radius 2 is 1.96 bits per heavy atom. The molecule has 0 fully saturated rings. The Labute approximate surface area is 152 Å². The van der Waals surface area contributed by atoms with Gasteiger partial charge in [0.15, 0.2) is 12.0 Å². The minimum atomic E-state index is -4.48. The Bertz CT molecular complexity index is 820. The van der Waals surface area contributed by atoms with E-state index in [0.29, 0.717) is 16.5 Å². The molecule has 0 saturated heterocycles. The van der Waals surface area contributed by atoms with Gasteiger partial charge in [-0.25, -0.2) is 0 Å². The maximum Gasteiger partial charge on any atom is 0.479 e. The molecule has 3 rings (SSSR count). The highest BCUT2D eigenvalue weighted by atomic mass is 35.5. The summed E-state index contributed by atoms with van der Waals surface area (Å²) in [6, 6.07) is 8.06. The lowest BCUT2D eigenvalue weighted by atomic mass is 9.92. The second-order valence-electron chi connectivity index (χ2n) is 5.90. The third kappa shape index (κ3) is 4.41. The van der Waals surface area contributed by atoms with Gasteiger partial charge in [0.2, 0.25) is 0 Å². The molecule has 25 heavy (non-hydrogen) atoms. The van der Waals surface area contributed by atoms with Crippen LogP contribution in [0.2, 0.25) is 5.02 Å². The summed E-state index contributed by atoms with van der Waals surface area (Å²) in [7, 11) is 0. The van der Waals surface area contributed by atoms with E-state index < -0.39 is 23.2 Å². The number of fused-ring (bicyclic) bond motifs is 1. The second kappa shape index (κ2) is 6.46. The summed E-state index contributed by atoms with van der Waals surface area (Å²) in [6.45, 7) is 3.70. The van der Waals surface area contributed by atoms with Gasteiger partial charge >= 0.3 is 5.51 Å². The zero-order valence-corrected chi connectivity index (χ0v) is 14.8. The van der Waals surface area contributed by atoms with Crippen molar-refractivity contribution in [3.63, 3.8) is 0 Å². The van der Waals surface area contributed by atoms with Crippen LogP contribution in [0.15, 0.2) is 42.6 Å². The van der Waals surface area contributed by atoms with E-state index in [0.717, 1.165) is 11.1 Å². The highest BCUT2D eigenvalue weighted by Crippen LogP contribution is 2.42. The lowest BCUT2D eigenvalue weighted by molar-refractivity contribution is -0.0369. The first-order valence-corrected chi connectivity index (χ1v) is 8.36. The van der Waals surface area contributed by atoms with E-state index in [1.165, 1.54) is 18.3 Å². The topological polar surface area (TPSA) is 31.4 Å². The number of alkyl halides is 3. The first-order valence-electron chi connectivity index (χ1n) is 7.24. The molecular formula is C17H13ClF3NO2S. The summed E-state index contributed by atoms with van der Waals surface area (Å²) < 4.78 is 47.5. The first-order chi connectivity index (χ1) is 11.6. The van der Waals surface area contributed by atoms with Crippen molar-refractivity contribution in [3.05, 3.63) is 58.9 Å². The number of hydrogen-bond acceptors (Lipinski definition) is 4. The molecule has 132 valence electrons. The minimum Gasteiger partial charge on any atom is -0.483 e. The Morgan fingerprint density at radius 1 is 1.20 bits per heavy atom. The first kappa shape index (κ1) is 17.9. The normalized spacial score (nSPS) is 15.8. The number of ether oxygens (including phenoxy) is 1. The van der Waals surface area contributed by atoms with Crippen molar-refractivity contribution in [2.24, 2.45) is 0 Å². The standard InChI is InChI=1S/C17H13ClF3NO2S/c1-16(2)8-13(14-6-3-10(18)9-22-14)12-5-4-11(7-15(12)23-16)24-25-17(19,20)21/h3-9H,1-2H3. The number of aromatic nitrogens is 1.